The van der Waals surface area contributed by atoms with E-state index in [1.54, 1.807) is 0 Å². The van der Waals surface area contributed by atoms with E-state index in [4.69, 9.17) is 4.74 Å². The monoisotopic (exact) mass is 150 g/mol. The van der Waals surface area contributed by atoms with Gasteiger partial charge in [-0.25, -0.2) is 8.78 Å². The fraction of sp³-hybridized carbons (Fsp3) is 1.00. The quantitative estimate of drug-likeness (QED) is 0.554. The Kier molecular flexibility index (Phi) is 2.60. The third kappa shape index (κ3) is 1.66. The first-order valence-electron chi connectivity index (χ1n) is 3.55. The Morgan fingerprint density at radius 1 is 1.30 bits per heavy atom. The van der Waals surface area contributed by atoms with Crippen LogP contribution in [0.5, 0.6) is 0 Å². The number of rotatable bonds is 1. The zero-order valence-electron chi connectivity index (χ0n) is 6.02. The smallest absolute Gasteiger partial charge is 0.129 e. The molecule has 0 saturated heterocycles. The van der Waals surface area contributed by atoms with E-state index in [1.165, 1.54) is 7.11 Å². The van der Waals surface area contributed by atoms with Gasteiger partial charge in [-0.15, -0.1) is 0 Å². The lowest BCUT2D eigenvalue weighted by molar-refractivity contribution is -0.0150. The van der Waals surface area contributed by atoms with Gasteiger partial charge < -0.3 is 4.74 Å². The molecule has 3 heteroatoms. The molecule has 0 aromatic carbocycles. The molecule has 1 nitrogen and oxygen atoms in total. The third-order valence-electron chi connectivity index (χ3n) is 1.95. The zero-order valence-corrected chi connectivity index (χ0v) is 6.02. The highest BCUT2D eigenvalue weighted by Gasteiger charge is 2.30. The molecule has 0 bridgehead atoms. The Balaban J connectivity index is 2.36. The van der Waals surface area contributed by atoms with Crippen molar-refractivity contribution < 1.29 is 13.5 Å². The molecule has 10 heavy (non-hydrogen) atoms. The molecular weight excluding hydrogens is 138 g/mol. The van der Waals surface area contributed by atoms with E-state index in [-0.39, 0.29) is 12.5 Å². The lowest BCUT2D eigenvalue weighted by atomic mass is 9.94. The lowest BCUT2D eigenvalue weighted by Gasteiger charge is -2.26. The number of hydrogen-bond acceptors (Lipinski definition) is 1. The number of hydrogen-bond donors (Lipinski definition) is 0. The molecule has 3 unspecified atom stereocenters. The molecule has 0 N–H and O–H groups in total. The van der Waals surface area contributed by atoms with Crippen LogP contribution in [-0.2, 0) is 4.74 Å². The maximum absolute atomic E-state index is 12.7. The van der Waals surface area contributed by atoms with Crippen LogP contribution in [0.15, 0.2) is 0 Å². The average Bonchev–Trinajstić information content (AvgIpc) is 1.88. The van der Waals surface area contributed by atoms with Gasteiger partial charge in [0.2, 0.25) is 0 Å². The van der Waals surface area contributed by atoms with E-state index < -0.39 is 12.3 Å². The van der Waals surface area contributed by atoms with Crippen LogP contribution in [0.2, 0.25) is 0 Å². The van der Waals surface area contributed by atoms with E-state index in [2.05, 4.69) is 0 Å². The third-order valence-corrected chi connectivity index (χ3v) is 1.95. The minimum absolute atomic E-state index is 0.0124. The Hall–Kier alpha value is -0.180. The molecular formula is C7H12F2O. The van der Waals surface area contributed by atoms with Crippen molar-refractivity contribution >= 4 is 0 Å². The molecule has 0 amide bonds. The fourth-order valence-electron chi connectivity index (χ4n) is 1.31. The normalized spacial score (nSPS) is 41.7. The highest BCUT2D eigenvalue weighted by molar-refractivity contribution is 4.80. The molecule has 1 rings (SSSR count). The van der Waals surface area contributed by atoms with Crippen molar-refractivity contribution in [2.75, 3.05) is 7.11 Å². The second kappa shape index (κ2) is 3.28. The summed E-state index contributed by atoms with van der Waals surface area (Å²) in [4.78, 5) is 0. The molecule has 1 fully saturated rings. The van der Waals surface area contributed by atoms with E-state index in [1.807, 2.05) is 0 Å². The predicted molar refractivity (Wildman–Crippen MR) is 34.4 cm³/mol. The van der Waals surface area contributed by atoms with Crippen LogP contribution in [-0.4, -0.2) is 25.6 Å². The van der Waals surface area contributed by atoms with Crippen LogP contribution < -0.4 is 0 Å². The zero-order chi connectivity index (χ0) is 7.56. The molecule has 0 heterocycles. The Morgan fingerprint density at radius 3 is 2.50 bits per heavy atom. The number of ether oxygens (including phenoxy) is 1. The van der Waals surface area contributed by atoms with Crippen molar-refractivity contribution in [3.63, 3.8) is 0 Å². The van der Waals surface area contributed by atoms with Gasteiger partial charge in [-0.05, 0) is 12.8 Å². The predicted octanol–water partition coefficient (Wildman–Crippen LogP) is 1.86. The van der Waals surface area contributed by atoms with Crippen molar-refractivity contribution in [2.24, 2.45) is 0 Å². The number of alkyl halides is 2. The van der Waals surface area contributed by atoms with Crippen LogP contribution in [0.1, 0.15) is 19.3 Å². The SMILES string of the molecule is COC1CCC(F)CC1F. The Morgan fingerprint density at radius 2 is 2.00 bits per heavy atom. The van der Waals surface area contributed by atoms with Gasteiger partial charge in [-0.1, -0.05) is 0 Å². The van der Waals surface area contributed by atoms with E-state index in [9.17, 15) is 8.78 Å². The average molecular weight is 150 g/mol. The van der Waals surface area contributed by atoms with Gasteiger partial charge in [0.05, 0.1) is 6.10 Å². The van der Waals surface area contributed by atoms with Crippen molar-refractivity contribution in [1.82, 2.24) is 0 Å². The Bertz CT molecular complexity index is 108. The molecule has 1 saturated carbocycles. The van der Waals surface area contributed by atoms with Gasteiger partial charge in [0.1, 0.15) is 12.3 Å². The van der Waals surface area contributed by atoms with Gasteiger partial charge in [-0.3, -0.25) is 0 Å². The number of methoxy groups -OCH3 is 1. The lowest BCUT2D eigenvalue weighted by Crippen LogP contribution is -2.32. The molecule has 1 aliphatic rings. The molecule has 0 aliphatic heterocycles. The van der Waals surface area contributed by atoms with E-state index in [0.717, 1.165) is 0 Å². The minimum Gasteiger partial charge on any atom is -0.378 e. The topological polar surface area (TPSA) is 9.23 Å². The molecule has 0 aromatic rings. The Labute approximate surface area is 59.4 Å². The first kappa shape index (κ1) is 7.92. The summed E-state index contributed by atoms with van der Waals surface area (Å²) in [7, 11) is 1.47. The van der Waals surface area contributed by atoms with Crippen LogP contribution in [0.25, 0.3) is 0 Å². The molecule has 0 spiro atoms. The van der Waals surface area contributed by atoms with Crippen LogP contribution >= 0.6 is 0 Å². The van der Waals surface area contributed by atoms with Crippen LogP contribution in [0, 0.1) is 0 Å². The van der Waals surface area contributed by atoms with Crippen molar-refractivity contribution in [3.8, 4) is 0 Å². The van der Waals surface area contributed by atoms with Crippen molar-refractivity contribution in [2.45, 2.75) is 37.7 Å². The first-order valence-corrected chi connectivity index (χ1v) is 3.55. The highest BCUT2D eigenvalue weighted by Crippen LogP contribution is 2.25. The standard InChI is InChI=1S/C7H12F2O/c1-10-7-3-2-5(8)4-6(7)9/h5-7H,2-4H2,1H3. The van der Waals surface area contributed by atoms with Gasteiger partial charge in [0.15, 0.2) is 0 Å². The largest absolute Gasteiger partial charge is 0.378 e. The van der Waals surface area contributed by atoms with Gasteiger partial charge in [0.25, 0.3) is 0 Å². The highest BCUT2D eigenvalue weighted by atomic mass is 19.1. The molecule has 1 aliphatic carbocycles. The molecule has 60 valence electrons. The summed E-state index contributed by atoms with van der Waals surface area (Å²) < 4.78 is 30.0. The molecule has 0 aromatic heterocycles. The summed E-state index contributed by atoms with van der Waals surface area (Å²) >= 11 is 0. The van der Waals surface area contributed by atoms with Crippen LogP contribution in [0.3, 0.4) is 0 Å². The van der Waals surface area contributed by atoms with E-state index >= 15 is 0 Å². The minimum atomic E-state index is -1.10. The van der Waals surface area contributed by atoms with Gasteiger partial charge >= 0.3 is 0 Å². The van der Waals surface area contributed by atoms with Gasteiger partial charge in [0, 0.05) is 13.5 Å². The summed E-state index contributed by atoms with van der Waals surface area (Å²) in [5, 5.41) is 0. The van der Waals surface area contributed by atoms with Crippen LogP contribution in [0.4, 0.5) is 8.78 Å². The molecule has 0 radical (unpaired) electrons. The number of halogens is 2. The summed E-state index contributed by atoms with van der Waals surface area (Å²) in [6, 6.07) is 0. The van der Waals surface area contributed by atoms with Crippen molar-refractivity contribution in [3.05, 3.63) is 0 Å². The second-order valence-electron chi connectivity index (χ2n) is 2.70. The first-order chi connectivity index (χ1) is 4.74. The van der Waals surface area contributed by atoms with E-state index in [0.29, 0.717) is 12.8 Å². The fourth-order valence-corrected chi connectivity index (χ4v) is 1.31. The molecule has 3 atom stereocenters. The summed E-state index contributed by atoms with van der Waals surface area (Å²) in [5.74, 6) is 0. The van der Waals surface area contributed by atoms with Crippen molar-refractivity contribution in [1.29, 1.82) is 0 Å². The van der Waals surface area contributed by atoms with Gasteiger partial charge in [-0.2, -0.15) is 0 Å². The summed E-state index contributed by atoms with van der Waals surface area (Å²) in [6.45, 7) is 0. The second-order valence-corrected chi connectivity index (χ2v) is 2.70. The summed E-state index contributed by atoms with van der Waals surface area (Å²) in [6.07, 6.45) is -1.46. The maximum Gasteiger partial charge on any atom is 0.129 e. The maximum atomic E-state index is 12.7. The summed E-state index contributed by atoms with van der Waals surface area (Å²) in [5.41, 5.74) is 0.